The molecule has 1 heterocycles. The molecule has 0 spiro atoms. The molecule has 4 atom stereocenters. The summed E-state index contributed by atoms with van der Waals surface area (Å²) in [7, 11) is -2.04. The van der Waals surface area contributed by atoms with Crippen LogP contribution in [0.1, 0.15) is 94.9 Å². The average Bonchev–Trinajstić information content (AvgIpc) is 3.47. The molecule has 220 valence electrons. The average molecular weight is 587 g/mol. The molecule has 0 radical (unpaired) electrons. The van der Waals surface area contributed by atoms with Crippen LogP contribution in [0.4, 0.5) is 0 Å². The minimum Gasteiger partial charge on any atom is -0.456 e. The van der Waals surface area contributed by atoms with E-state index >= 15 is 0 Å². The number of rotatable bonds is 18. The van der Waals surface area contributed by atoms with Crippen molar-refractivity contribution in [2.45, 2.75) is 105 Å². The van der Waals surface area contributed by atoms with Crippen molar-refractivity contribution in [3.8, 4) is 0 Å². The summed E-state index contributed by atoms with van der Waals surface area (Å²) in [5, 5.41) is 6.33. The summed E-state index contributed by atoms with van der Waals surface area (Å²) in [5.74, 6) is -0.301. The van der Waals surface area contributed by atoms with Crippen LogP contribution in [0.3, 0.4) is 0 Å². The maximum atomic E-state index is 13.3. The Hall–Kier alpha value is -2.52. The number of carbonyl (C=O) groups is 2. The van der Waals surface area contributed by atoms with E-state index in [2.05, 4.69) is 44.6 Å². The van der Waals surface area contributed by atoms with Crippen LogP contribution in [0.15, 0.2) is 40.8 Å². The number of benzene rings is 1. The monoisotopic (exact) mass is 586 g/mol. The first-order chi connectivity index (χ1) is 19.1. The SMILES string of the molecule is CC[C@H](C)C(N=[N+]=[N-])C(=O)C[C@H](C[C@@H](O[Si](CC)(CC)CC)c1nc(C(=O)OCc2ccccc2)cs1)C(C)C. The zero-order valence-corrected chi connectivity index (χ0v) is 26.9. The summed E-state index contributed by atoms with van der Waals surface area (Å²) in [5.41, 5.74) is 10.3. The van der Waals surface area contributed by atoms with E-state index in [1.807, 2.05) is 44.2 Å². The van der Waals surface area contributed by atoms with Gasteiger partial charge in [-0.3, -0.25) is 4.79 Å². The van der Waals surface area contributed by atoms with Crippen molar-refractivity contribution >= 4 is 31.4 Å². The lowest BCUT2D eigenvalue weighted by Gasteiger charge is -2.35. The molecule has 10 heteroatoms. The highest BCUT2D eigenvalue weighted by atomic mass is 32.1. The molecule has 2 aromatic rings. The third-order valence-corrected chi connectivity index (χ3v) is 13.7. The Morgan fingerprint density at radius 2 is 1.73 bits per heavy atom. The lowest BCUT2D eigenvalue weighted by atomic mass is 9.82. The molecule has 0 N–H and O–H groups in total. The second kappa shape index (κ2) is 16.7. The smallest absolute Gasteiger partial charge is 0.358 e. The van der Waals surface area contributed by atoms with Gasteiger partial charge in [0, 0.05) is 16.7 Å². The quantitative estimate of drug-likeness (QED) is 0.0568. The fourth-order valence-corrected chi connectivity index (χ4v) is 8.57. The maximum Gasteiger partial charge on any atom is 0.358 e. The van der Waals surface area contributed by atoms with Crippen molar-refractivity contribution < 1.29 is 18.8 Å². The summed E-state index contributed by atoms with van der Waals surface area (Å²) in [6, 6.07) is 11.8. The molecule has 0 fully saturated rings. The van der Waals surface area contributed by atoms with Gasteiger partial charge in [-0.05, 0) is 53.4 Å². The summed E-state index contributed by atoms with van der Waals surface area (Å²) in [4.78, 5) is 33.8. The number of aromatic nitrogens is 1. The predicted octanol–water partition coefficient (Wildman–Crippen LogP) is 8.91. The second-order valence-electron chi connectivity index (χ2n) is 10.9. The zero-order valence-electron chi connectivity index (χ0n) is 25.1. The van der Waals surface area contributed by atoms with Crippen molar-refractivity contribution in [2.75, 3.05) is 0 Å². The molecule has 2 rings (SSSR count). The first-order valence-corrected chi connectivity index (χ1v) is 17.9. The Balaban J connectivity index is 2.32. The number of hydrogen-bond acceptors (Lipinski definition) is 7. The van der Waals surface area contributed by atoms with Crippen LogP contribution in [-0.4, -0.2) is 31.1 Å². The van der Waals surface area contributed by atoms with Crippen LogP contribution in [0.5, 0.6) is 0 Å². The van der Waals surface area contributed by atoms with Gasteiger partial charge in [-0.2, -0.15) is 0 Å². The fourth-order valence-electron chi connectivity index (χ4n) is 4.85. The van der Waals surface area contributed by atoms with Crippen molar-refractivity contribution in [1.82, 2.24) is 4.98 Å². The van der Waals surface area contributed by atoms with Crippen LogP contribution in [0.25, 0.3) is 10.4 Å². The molecule has 1 unspecified atom stereocenters. The van der Waals surface area contributed by atoms with E-state index in [0.29, 0.717) is 12.8 Å². The maximum absolute atomic E-state index is 13.3. The minimum atomic E-state index is -2.04. The standard InChI is InChI=1S/C30H46N4O4SSi/c1-8-22(7)28(33-34-31)26(35)17-24(21(5)6)18-27(38-40(9-2,10-3)11-4)29-32-25(20-39-29)30(36)37-19-23-15-13-12-14-16-23/h12-16,20-22,24,27-28H,8-11,17-19H2,1-7H3/t22-,24+,27+,28?/m0/s1. The topological polar surface area (TPSA) is 114 Å². The van der Waals surface area contributed by atoms with Crippen LogP contribution in [0.2, 0.25) is 18.1 Å². The molecule has 0 aliphatic heterocycles. The number of esters is 1. The lowest BCUT2D eigenvalue weighted by molar-refractivity contribution is -0.122. The van der Waals surface area contributed by atoms with Gasteiger partial charge in [0.1, 0.15) is 17.4 Å². The summed E-state index contributed by atoms with van der Waals surface area (Å²) in [6.07, 6.45) is 1.34. The van der Waals surface area contributed by atoms with Crippen molar-refractivity contribution in [3.63, 3.8) is 0 Å². The Morgan fingerprint density at radius 1 is 1.07 bits per heavy atom. The normalized spacial score (nSPS) is 14.7. The van der Waals surface area contributed by atoms with Gasteiger partial charge in [0.15, 0.2) is 14.0 Å². The minimum absolute atomic E-state index is 0.00704. The van der Waals surface area contributed by atoms with E-state index in [-0.39, 0.29) is 41.9 Å². The van der Waals surface area contributed by atoms with Gasteiger partial charge in [0.25, 0.3) is 0 Å². The van der Waals surface area contributed by atoms with E-state index in [4.69, 9.17) is 19.7 Å². The van der Waals surface area contributed by atoms with Gasteiger partial charge >= 0.3 is 5.97 Å². The second-order valence-corrected chi connectivity index (χ2v) is 16.5. The van der Waals surface area contributed by atoms with Crippen LogP contribution >= 0.6 is 11.3 Å². The highest BCUT2D eigenvalue weighted by molar-refractivity contribution is 7.09. The summed E-state index contributed by atoms with van der Waals surface area (Å²) >= 11 is 1.41. The van der Waals surface area contributed by atoms with Crippen molar-refractivity contribution in [2.24, 2.45) is 22.9 Å². The molecule has 0 saturated heterocycles. The number of Topliss-reactive ketones (excluding diaryl/α,β-unsaturated/α-hetero) is 1. The van der Waals surface area contributed by atoms with Crippen LogP contribution in [-0.2, 0) is 20.6 Å². The van der Waals surface area contributed by atoms with E-state index in [1.54, 1.807) is 5.38 Å². The Morgan fingerprint density at radius 3 is 2.27 bits per heavy atom. The van der Waals surface area contributed by atoms with Gasteiger partial charge in [-0.15, -0.1) is 11.3 Å². The molecule has 0 bridgehead atoms. The number of carbonyl (C=O) groups excluding carboxylic acids is 2. The Kier molecular flexibility index (Phi) is 14.0. The molecule has 1 aromatic carbocycles. The largest absolute Gasteiger partial charge is 0.456 e. The zero-order chi connectivity index (χ0) is 29.7. The van der Waals surface area contributed by atoms with Crippen molar-refractivity contribution in [1.29, 1.82) is 0 Å². The summed E-state index contributed by atoms with van der Waals surface area (Å²) in [6.45, 7) is 14.9. The first-order valence-electron chi connectivity index (χ1n) is 14.5. The van der Waals surface area contributed by atoms with E-state index in [0.717, 1.165) is 35.1 Å². The molecule has 0 saturated carbocycles. The molecule has 0 amide bonds. The first kappa shape index (κ1) is 33.7. The highest BCUT2D eigenvalue weighted by Gasteiger charge is 2.36. The van der Waals surface area contributed by atoms with Crippen LogP contribution < -0.4 is 0 Å². The molecule has 8 nitrogen and oxygen atoms in total. The van der Waals surface area contributed by atoms with Gasteiger partial charge in [0.05, 0.1) is 12.1 Å². The number of nitrogens with zero attached hydrogens (tertiary/aromatic N) is 4. The van der Waals surface area contributed by atoms with Gasteiger partial charge in [-0.1, -0.05) is 90.3 Å². The Labute approximate surface area is 244 Å². The van der Waals surface area contributed by atoms with Crippen molar-refractivity contribution in [3.05, 3.63) is 62.4 Å². The molecular weight excluding hydrogens is 541 g/mol. The number of thiazole rings is 1. The molecule has 0 aliphatic rings. The third kappa shape index (κ3) is 9.54. The number of azide groups is 1. The molecule has 1 aromatic heterocycles. The van der Waals surface area contributed by atoms with Gasteiger partial charge < -0.3 is 9.16 Å². The van der Waals surface area contributed by atoms with Gasteiger partial charge in [0.2, 0.25) is 0 Å². The van der Waals surface area contributed by atoms with E-state index in [1.165, 1.54) is 11.3 Å². The van der Waals surface area contributed by atoms with Gasteiger partial charge in [-0.25, -0.2) is 9.78 Å². The molecule has 0 aliphatic carbocycles. The lowest BCUT2D eigenvalue weighted by Crippen LogP contribution is -2.38. The number of hydrogen-bond donors (Lipinski definition) is 0. The van der Waals surface area contributed by atoms with Crippen LogP contribution in [0, 0.1) is 17.8 Å². The molecule has 40 heavy (non-hydrogen) atoms. The summed E-state index contributed by atoms with van der Waals surface area (Å²) < 4.78 is 12.5. The van der Waals surface area contributed by atoms with E-state index < -0.39 is 20.3 Å². The number of ether oxygens (including phenoxy) is 1. The predicted molar refractivity (Wildman–Crippen MR) is 164 cm³/mol. The molecular formula is C30H46N4O4SSi. The number of ketones is 1. The van der Waals surface area contributed by atoms with E-state index in [9.17, 15) is 9.59 Å². The Bertz CT molecular complexity index is 1110. The highest BCUT2D eigenvalue weighted by Crippen LogP contribution is 2.38. The third-order valence-electron chi connectivity index (χ3n) is 8.16. The fraction of sp³-hybridized carbons (Fsp3) is 0.633.